The zero-order chi connectivity index (χ0) is 15.7. The SMILES string of the molecule is CCCC(=O)OC(C)(C)[C@@H]1CC[C@@]2(C)CCC=C(C)[C@@H]2C1. The number of fused-ring (bicyclic) bond motifs is 1. The molecule has 1 saturated carbocycles. The third-order valence-electron chi connectivity index (χ3n) is 5.97. The Morgan fingerprint density at radius 2 is 2.14 bits per heavy atom. The first-order chi connectivity index (χ1) is 9.78. The quantitative estimate of drug-likeness (QED) is 0.521. The van der Waals surface area contributed by atoms with Crippen molar-refractivity contribution < 1.29 is 9.53 Å². The summed E-state index contributed by atoms with van der Waals surface area (Å²) in [7, 11) is 0. The fraction of sp³-hybridized carbons (Fsp3) is 0.842. The Bertz CT molecular complexity index is 421. The first-order valence-electron chi connectivity index (χ1n) is 8.67. The van der Waals surface area contributed by atoms with E-state index in [9.17, 15) is 4.79 Å². The molecule has 3 atom stereocenters. The van der Waals surface area contributed by atoms with Crippen molar-refractivity contribution in [1.82, 2.24) is 0 Å². The van der Waals surface area contributed by atoms with Crippen LogP contribution >= 0.6 is 0 Å². The van der Waals surface area contributed by atoms with E-state index < -0.39 is 0 Å². The van der Waals surface area contributed by atoms with Gasteiger partial charge in [-0.1, -0.05) is 25.5 Å². The predicted molar refractivity (Wildman–Crippen MR) is 87.0 cm³/mol. The molecule has 0 N–H and O–H groups in total. The minimum Gasteiger partial charge on any atom is -0.459 e. The summed E-state index contributed by atoms with van der Waals surface area (Å²) in [5, 5.41) is 0. The monoisotopic (exact) mass is 292 g/mol. The van der Waals surface area contributed by atoms with Crippen molar-refractivity contribution in [1.29, 1.82) is 0 Å². The third-order valence-corrected chi connectivity index (χ3v) is 5.97. The topological polar surface area (TPSA) is 26.3 Å². The van der Waals surface area contributed by atoms with Gasteiger partial charge in [-0.25, -0.2) is 0 Å². The molecular formula is C19H32O2. The Balaban J connectivity index is 2.07. The largest absolute Gasteiger partial charge is 0.459 e. The van der Waals surface area contributed by atoms with Crippen LogP contribution in [0.1, 0.15) is 79.6 Å². The van der Waals surface area contributed by atoms with Crippen LogP contribution in [-0.4, -0.2) is 11.6 Å². The maximum atomic E-state index is 11.9. The number of hydrogen-bond acceptors (Lipinski definition) is 2. The molecule has 2 aliphatic carbocycles. The van der Waals surface area contributed by atoms with Crippen molar-refractivity contribution >= 4 is 5.97 Å². The van der Waals surface area contributed by atoms with Crippen LogP contribution in [0.15, 0.2) is 11.6 Å². The highest BCUT2D eigenvalue weighted by Crippen LogP contribution is 2.54. The maximum Gasteiger partial charge on any atom is 0.306 e. The second kappa shape index (κ2) is 6.14. The van der Waals surface area contributed by atoms with Crippen LogP contribution in [0.3, 0.4) is 0 Å². The van der Waals surface area contributed by atoms with E-state index in [1.807, 2.05) is 6.92 Å². The van der Waals surface area contributed by atoms with Gasteiger partial charge in [-0.2, -0.15) is 0 Å². The van der Waals surface area contributed by atoms with Crippen molar-refractivity contribution in [3.63, 3.8) is 0 Å². The predicted octanol–water partition coefficient (Wildman–Crippen LogP) is 5.27. The molecule has 2 heteroatoms. The lowest BCUT2D eigenvalue weighted by atomic mass is 9.56. The summed E-state index contributed by atoms with van der Waals surface area (Å²) in [6, 6.07) is 0. The highest BCUT2D eigenvalue weighted by atomic mass is 16.6. The fourth-order valence-electron chi connectivity index (χ4n) is 4.43. The molecule has 0 aromatic carbocycles. The molecule has 2 nitrogen and oxygen atoms in total. The van der Waals surface area contributed by atoms with Crippen LogP contribution in [0.4, 0.5) is 0 Å². The Hall–Kier alpha value is -0.790. The minimum atomic E-state index is -0.328. The van der Waals surface area contributed by atoms with Crippen molar-refractivity contribution in [3.05, 3.63) is 11.6 Å². The summed E-state index contributed by atoms with van der Waals surface area (Å²) >= 11 is 0. The van der Waals surface area contributed by atoms with Crippen LogP contribution in [-0.2, 0) is 9.53 Å². The smallest absolute Gasteiger partial charge is 0.306 e. The van der Waals surface area contributed by atoms with Gasteiger partial charge in [0.05, 0.1) is 0 Å². The van der Waals surface area contributed by atoms with E-state index >= 15 is 0 Å². The normalized spacial score (nSPS) is 33.1. The fourth-order valence-corrected chi connectivity index (χ4v) is 4.43. The van der Waals surface area contributed by atoms with E-state index in [0.717, 1.165) is 6.42 Å². The first-order valence-corrected chi connectivity index (χ1v) is 8.67. The number of ether oxygens (including phenoxy) is 1. The molecule has 120 valence electrons. The van der Waals surface area contributed by atoms with E-state index in [1.54, 1.807) is 5.57 Å². The van der Waals surface area contributed by atoms with Crippen molar-refractivity contribution in [2.75, 3.05) is 0 Å². The Morgan fingerprint density at radius 1 is 1.43 bits per heavy atom. The van der Waals surface area contributed by atoms with E-state index in [1.165, 1.54) is 32.1 Å². The summed E-state index contributed by atoms with van der Waals surface area (Å²) in [5.41, 5.74) is 1.70. The first kappa shape index (κ1) is 16.6. The number of allylic oxidation sites excluding steroid dienone is 2. The van der Waals surface area contributed by atoms with Crippen LogP contribution in [0.25, 0.3) is 0 Å². The highest BCUT2D eigenvalue weighted by Gasteiger charge is 2.46. The van der Waals surface area contributed by atoms with Gasteiger partial charge in [0.25, 0.3) is 0 Å². The van der Waals surface area contributed by atoms with Gasteiger partial charge in [-0.15, -0.1) is 0 Å². The Labute approximate surface area is 130 Å². The van der Waals surface area contributed by atoms with Crippen molar-refractivity contribution in [3.8, 4) is 0 Å². The molecule has 0 unspecified atom stereocenters. The number of esters is 1. The molecule has 0 heterocycles. The number of carbonyl (C=O) groups is 1. The molecule has 0 aromatic heterocycles. The van der Waals surface area contributed by atoms with Gasteiger partial charge in [0.1, 0.15) is 5.60 Å². The van der Waals surface area contributed by atoms with Gasteiger partial charge in [-0.3, -0.25) is 4.79 Å². The summed E-state index contributed by atoms with van der Waals surface area (Å²) < 4.78 is 5.81. The summed E-state index contributed by atoms with van der Waals surface area (Å²) in [4.78, 5) is 11.9. The molecule has 2 aliphatic rings. The maximum absolute atomic E-state index is 11.9. The number of hydrogen-bond donors (Lipinski definition) is 0. The molecule has 0 aliphatic heterocycles. The highest BCUT2D eigenvalue weighted by molar-refractivity contribution is 5.69. The third kappa shape index (κ3) is 3.52. The minimum absolute atomic E-state index is 0.0354. The van der Waals surface area contributed by atoms with Gasteiger partial charge in [0.15, 0.2) is 0 Å². The lowest BCUT2D eigenvalue weighted by Gasteiger charge is -2.50. The van der Waals surface area contributed by atoms with Crippen molar-refractivity contribution in [2.45, 2.75) is 85.2 Å². The second-order valence-corrected chi connectivity index (χ2v) is 7.99. The van der Waals surface area contributed by atoms with E-state index in [4.69, 9.17) is 4.74 Å². The molecule has 2 rings (SSSR count). The molecular weight excluding hydrogens is 260 g/mol. The van der Waals surface area contributed by atoms with Gasteiger partial charge in [-0.05, 0) is 76.5 Å². The average Bonchev–Trinajstić information content (AvgIpc) is 2.37. The summed E-state index contributed by atoms with van der Waals surface area (Å²) in [6.07, 6.45) is 10.00. The Kier molecular flexibility index (Phi) is 4.85. The van der Waals surface area contributed by atoms with Crippen molar-refractivity contribution in [2.24, 2.45) is 17.3 Å². The Morgan fingerprint density at radius 3 is 2.81 bits per heavy atom. The molecule has 0 spiro atoms. The second-order valence-electron chi connectivity index (χ2n) is 7.99. The molecule has 0 saturated heterocycles. The standard InChI is InChI=1S/C19H32O2/c1-6-8-17(20)21-18(3,4)15-10-12-19(5)11-7-9-14(2)16(19)13-15/h9,15-16H,6-8,10-13H2,1-5H3/t15-,16+,19-/m1/s1. The average molecular weight is 292 g/mol. The zero-order valence-corrected chi connectivity index (χ0v) is 14.5. The molecule has 1 fully saturated rings. The number of carbonyl (C=O) groups excluding carboxylic acids is 1. The van der Waals surface area contributed by atoms with E-state index in [-0.39, 0.29) is 11.6 Å². The van der Waals surface area contributed by atoms with Gasteiger partial charge in [0, 0.05) is 6.42 Å². The van der Waals surface area contributed by atoms with Crippen LogP contribution in [0.5, 0.6) is 0 Å². The molecule has 0 bridgehead atoms. The van der Waals surface area contributed by atoms with E-state index in [2.05, 4.69) is 33.8 Å². The lowest BCUT2D eigenvalue weighted by molar-refractivity contribution is -0.165. The van der Waals surface area contributed by atoms with Crippen LogP contribution in [0.2, 0.25) is 0 Å². The molecule has 0 aromatic rings. The van der Waals surface area contributed by atoms with Gasteiger partial charge in [0.2, 0.25) is 0 Å². The van der Waals surface area contributed by atoms with Gasteiger partial charge < -0.3 is 4.74 Å². The van der Waals surface area contributed by atoms with E-state index in [0.29, 0.717) is 23.7 Å². The van der Waals surface area contributed by atoms with Gasteiger partial charge >= 0.3 is 5.97 Å². The summed E-state index contributed by atoms with van der Waals surface area (Å²) in [5.74, 6) is 1.12. The zero-order valence-electron chi connectivity index (χ0n) is 14.5. The van der Waals surface area contributed by atoms with Crippen LogP contribution < -0.4 is 0 Å². The summed E-state index contributed by atoms with van der Waals surface area (Å²) in [6.45, 7) is 11.0. The molecule has 0 amide bonds. The molecule has 0 radical (unpaired) electrons. The lowest BCUT2D eigenvalue weighted by Crippen LogP contribution is -2.45. The van der Waals surface area contributed by atoms with Crippen LogP contribution in [0, 0.1) is 17.3 Å². The molecule has 21 heavy (non-hydrogen) atoms. The number of rotatable bonds is 4.